The Hall–Kier alpha value is -3.80. The summed E-state index contributed by atoms with van der Waals surface area (Å²) in [5, 5.41) is 0. The van der Waals surface area contributed by atoms with Gasteiger partial charge in [0.25, 0.3) is 0 Å². The van der Waals surface area contributed by atoms with Crippen molar-refractivity contribution in [3.8, 4) is 5.75 Å². The van der Waals surface area contributed by atoms with Crippen LogP contribution in [0.1, 0.15) is 11.4 Å². The maximum atomic E-state index is 13.3. The predicted molar refractivity (Wildman–Crippen MR) is 113 cm³/mol. The highest BCUT2D eigenvalue weighted by Crippen LogP contribution is 2.18. The fraction of sp³-hybridized carbons (Fsp3) is 0.130. The minimum Gasteiger partial charge on any atom is -0.497 e. The van der Waals surface area contributed by atoms with E-state index in [0.29, 0.717) is 13.1 Å². The zero-order valence-electron chi connectivity index (χ0n) is 16.0. The number of fused-ring (bicyclic) bond motifs is 2. The number of methoxy groups -OCH3 is 1. The Balaban J connectivity index is 1.57. The van der Waals surface area contributed by atoms with Crippen molar-refractivity contribution in [3.63, 3.8) is 0 Å². The SMILES string of the molecule is COc1ccc(Cn2c(=O)n(Cc3nc4ccccc4[nH]3)c3ccccc32)cc1. The van der Waals surface area contributed by atoms with Crippen molar-refractivity contribution < 1.29 is 4.74 Å². The monoisotopic (exact) mass is 384 g/mol. The molecule has 2 heterocycles. The van der Waals surface area contributed by atoms with Crippen LogP contribution >= 0.6 is 0 Å². The zero-order chi connectivity index (χ0) is 19.8. The summed E-state index contributed by atoms with van der Waals surface area (Å²) in [6, 6.07) is 23.5. The van der Waals surface area contributed by atoms with E-state index in [1.807, 2.05) is 72.8 Å². The number of hydrogen-bond donors (Lipinski definition) is 1. The van der Waals surface area contributed by atoms with Crippen LogP contribution in [0.2, 0.25) is 0 Å². The molecule has 0 spiro atoms. The topological polar surface area (TPSA) is 64.8 Å². The molecule has 1 N–H and O–H groups in total. The fourth-order valence-electron chi connectivity index (χ4n) is 3.72. The van der Waals surface area contributed by atoms with Gasteiger partial charge in [-0.15, -0.1) is 0 Å². The zero-order valence-corrected chi connectivity index (χ0v) is 16.0. The summed E-state index contributed by atoms with van der Waals surface area (Å²) in [6.45, 7) is 0.889. The fourth-order valence-corrected chi connectivity index (χ4v) is 3.72. The molecular formula is C23H20N4O2. The second-order valence-electron chi connectivity index (χ2n) is 6.99. The number of benzene rings is 3. The Bertz CT molecular complexity index is 1330. The summed E-state index contributed by atoms with van der Waals surface area (Å²) in [5.74, 6) is 1.56. The number of para-hydroxylation sites is 4. The van der Waals surface area contributed by atoms with Crippen LogP contribution in [-0.4, -0.2) is 26.2 Å². The second kappa shape index (κ2) is 6.98. The normalized spacial score (nSPS) is 11.3. The van der Waals surface area contributed by atoms with Gasteiger partial charge in [0, 0.05) is 0 Å². The number of rotatable bonds is 5. The quantitative estimate of drug-likeness (QED) is 0.501. The summed E-state index contributed by atoms with van der Waals surface area (Å²) in [7, 11) is 1.64. The van der Waals surface area contributed by atoms with Crippen LogP contribution < -0.4 is 10.4 Å². The standard InChI is InChI=1S/C23H20N4O2/c1-29-17-12-10-16(11-13-17)14-26-20-8-4-5-9-21(20)27(23(26)28)15-22-24-18-6-2-3-7-19(18)25-22/h2-13H,14-15H2,1H3,(H,24,25). The van der Waals surface area contributed by atoms with Gasteiger partial charge in [-0.1, -0.05) is 36.4 Å². The Kier molecular flexibility index (Phi) is 4.17. The molecule has 6 nitrogen and oxygen atoms in total. The lowest BCUT2D eigenvalue weighted by atomic mass is 10.2. The maximum Gasteiger partial charge on any atom is 0.329 e. The van der Waals surface area contributed by atoms with Gasteiger partial charge in [0.15, 0.2) is 0 Å². The molecule has 0 saturated heterocycles. The molecule has 0 unspecified atom stereocenters. The van der Waals surface area contributed by atoms with Gasteiger partial charge < -0.3 is 9.72 Å². The molecule has 144 valence electrons. The van der Waals surface area contributed by atoms with E-state index in [4.69, 9.17) is 4.74 Å². The van der Waals surface area contributed by atoms with E-state index in [0.717, 1.165) is 39.2 Å². The summed E-state index contributed by atoms with van der Waals surface area (Å²) in [5.41, 5.74) is 4.66. The lowest BCUT2D eigenvalue weighted by Crippen LogP contribution is -2.25. The highest BCUT2D eigenvalue weighted by molar-refractivity contribution is 5.77. The van der Waals surface area contributed by atoms with Crippen LogP contribution in [0.15, 0.2) is 77.6 Å². The maximum absolute atomic E-state index is 13.3. The van der Waals surface area contributed by atoms with Gasteiger partial charge in [0.2, 0.25) is 0 Å². The lowest BCUT2D eigenvalue weighted by Gasteiger charge is -2.05. The molecule has 0 atom stereocenters. The first kappa shape index (κ1) is 17.3. The number of hydrogen-bond acceptors (Lipinski definition) is 3. The Labute approximate surface area is 167 Å². The molecule has 29 heavy (non-hydrogen) atoms. The Morgan fingerprint density at radius 2 is 1.52 bits per heavy atom. The van der Waals surface area contributed by atoms with Gasteiger partial charge in [-0.2, -0.15) is 0 Å². The molecule has 0 fully saturated rings. The molecule has 5 aromatic rings. The van der Waals surface area contributed by atoms with Crippen LogP contribution in [0.3, 0.4) is 0 Å². The van der Waals surface area contributed by atoms with Crippen molar-refractivity contribution in [2.75, 3.05) is 7.11 Å². The number of nitrogens with one attached hydrogen (secondary N) is 1. The number of ether oxygens (including phenoxy) is 1. The van der Waals surface area contributed by atoms with Crippen molar-refractivity contribution in [3.05, 3.63) is 94.7 Å². The van der Waals surface area contributed by atoms with E-state index in [2.05, 4.69) is 9.97 Å². The van der Waals surface area contributed by atoms with Gasteiger partial charge in [0.05, 0.1) is 42.3 Å². The molecule has 6 heteroatoms. The second-order valence-corrected chi connectivity index (χ2v) is 6.99. The van der Waals surface area contributed by atoms with Gasteiger partial charge in [-0.05, 0) is 42.0 Å². The van der Waals surface area contributed by atoms with Crippen LogP contribution in [-0.2, 0) is 13.1 Å². The summed E-state index contributed by atoms with van der Waals surface area (Å²) < 4.78 is 8.81. The first-order valence-corrected chi connectivity index (χ1v) is 9.47. The van der Waals surface area contributed by atoms with E-state index < -0.39 is 0 Å². The number of aromatic amines is 1. The van der Waals surface area contributed by atoms with Gasteiger partial charge in [0.1, 0.15) is 11.6 Å². The molecule has 0 aliphatic rings. The van der Waals surface area contributed by atoms with Crippen LogP contribution in [0.5, 0.6) is 5.75 Å². The third-order valence-electron chi connectivity index (χ3n) is 5.17. The van der Waals surface area contributed by atoms with Crippen molar-refractivity contribution in [2.45, 2.75) is 13.1 Å². The van der Waals surface area contributed by atoms with Crippen molar-refractivity contribution in [1.82, 2.24) is 19.1 Å². The number of imidazole rings is 2. The van der Waals surface area contributed by atoms with Crippen molar-refractivity contribution in [1.29, 1.82) is 0 Å². The van der Waals surface area contributed by atoms with E-state index in [9.17, 15) is 4.79 Å². The van der Waals surface area contributed by atoms with E-state index >= 15 is 0 Å². The van der Waals surface area contributed by atoms with Gasteiger partial charge >= 0.3 is 5.69 Å². The Morgan fingerprint density at radius 1 is 0.862 bits per heavy atom. The highest BCUT2D eigenvalue weighted by atomic mass is 16.5. The molecule has 0 saturated carbocycles. The number of H-pyrrole nitrogens is 1. The molecule has 3 aromatic carbocycles. The van der Waals surface area contributed by atoms with Crippen LogP contribution in [0.4, 0.5) is 0 Å². The van der Waals surface area contributed by atoms with Crippen molar-refractivity contribution >= 4 is 22.1 Å². The van der Waals surface area contributed by atoms with E-state index in [-0.39, 0.29) is 5.69 Å². The molecule has 0 aliphatic carbocycles. The minimum atomic E-state index is -0.0533. The molecule has 2 aromatic heterocycles. The minimum absolute atomic E-state index is 0.0533. The Morgan fingerprint density at radius 3 is 2.21 bits per heavy atom. The van der Waals surface area contributed by atoms with Crippen LogP contribution in [0.25, 0.3) is 22.1 Å². The third-order valence-corrected chi connectivity index (χ3v) is 5.17. The number of nitrogens with zero attached hydrogens (tertiary/aromatic N) is 3. The summed E-state index contributed by atoms with van der Waals surface area (Å²) >= 11 is 0. The molecule has 0 aliphatic heterocycles. The first-order valence-electron chi connectivity index (χ1n) is 9.47. The molecule has 5 rings (SSSR count). The number of aromatic nitrogens is 4. The summed E-state index contributed by atoms with van der Waals surface area (Å²) in [4.78, 5) is 21.2. The predicted octanol–water partition coefficient (Wildman–Crippen LogP) is 3.78. The third kappa shape index (κ3) is 3.08. The molecule has 0 bridgehead atoms. The van der Waals surface area contributed by atoms with Crippen molar-refractivity contribution in [2.24, 2.45) is 0 Å². The average Bonchev–Trinajstić information content (AvgIpc) is 3.29. The van der Waals surface area contributed by atoms with E-state index in [1.54, 1.807) is 16.2 Å². The first-order chi connectivity index (χ1) is 14.2. The largest absolute Gasteiger partial charge is 0.497 e. The molecule has 0 radical (unpaired) electrons. The van der Waals surface area contributed by atoms with E-state index in [1.165, 1.54) is 0 Å². The molecular weight excluding hydrogens is 364 g/mol. The van der Waals surface area contributed by atoms with Gasteiger partial charge in [-0.25, -0.2) is 9.78 Å². The smallest absolute Gasteiger partial charge is 0.329 e. The average molecular weight is 384 g/mol. The summed E-state index contributed by atoms with van der Waals surface area (Å²) in [6.07, 6.45) is 0. The van der Waals surface area contributed by atoms with Crippen LogP contribution in [0, 0.1) is 0 Å². The van der Waals surface area contributed by atoms with Gasteiger partial charge in [-0.3, -0.25) is 9.13 Å². The molecule has 0 amide bonds. The highest BCUT2D eigenvalue weighted by Gasteiger charge is 2.15. The lowest BCUT2D eigenvalue weighted by molar-refractivity contribution is 0.414.